The number of hydrogen-bond acceptors (Lipinski definition) is 5. The fourth-order valence-corrected chi connectivity index (χ4v) is 2.08. The molecule has 0 spiro atoms. The van der Waals surface area contributed by atoms with Crippen molar-refractivity contribution >= 4 is 11.9 Å². The molecule has 1 aromatic carbocycles. The van der Waals surface area contributed by atoms with E-state index in [4.69, 9.17) is 4.42 Å². The molecule has 0 fully saturated rings. The monoisotopic (exact) mass is 297 g/mol. The minimum absolute atomic E-state index is 0.0679. The minimum Gasteiger partial charge on any atom is -0.401 e. The predicted octanol–water partition coefficient (Wildman–Crippen LogP) is 1.96. The molecule has 0 aliphatic rings. The average molecular weight is 297 g/mol. The molecule has 0 aliphatic carbocycles. The van der Waals surface area contributed by atoms with E-state index in [9.17, 15) is 4.79 Å². The van der Waals surface area contributed by atoms with E-state index in [-0.39, 0.29) is 24.2 Å². The number of carbonyl (C=O) groups is 1. The van der Waals surface area contributed by atoms with E-state index >= 15 is 0 Å². The predicted molar refractivity (Wildman–Crippen MR) is 80.0 cm³/mol. The van der Waals surface area contributed by atoms with Crippen LogP contribution in [0.15, 0.2) is 40.9 Å². The molecular formula is C15H15N5O2. The summed E-state index contributed by atoms with van der Waals surface area (Å²) in [4.78, 5) is 12.0. The third-order valence-corrected chi connectivity index (χ3v) is 3.05. The second-order valence-electron chi connectivity index (χ2n) is 5.00. The molecule has 0 atom stereocenters. The van der Waals surface area contributed by atoms with Crippen LogP contribution in [-0.2, 0) is 18.3 Å². The van der Waals surface area contributed by atoms with E-state index < -0.39 is 0 Å². The molecule has 0 bridgehead atoms. The molecule has 3 aromatic rings. The topological polar surface area (TPSA) is 85.8 Å². The number of aryl methyl sites for hydroxylation is 2. The van der Waals surface area contributed by atoms with Gasteiger partial charge in [0.15, 0.2) is 0 Å². The van der Waals surface area contributed by atoms with Gasteiger partial charge in [0.05, 0.1) is 6.42 Å². The molecule has 22 heavy (non-hydrogen) atoms. The van der Waals surface area contributed by atoms with Gasteiger partial charge in [0.25, 0.3) is 5.89 Å². The summed E-state index contributed by atoms with van der Waals surface area (Å²) in [5.74, 6) is 0.0632. The summed E-state index contributed by atoms with van der Waals surface area (Å²) in [6.07, 6.45) is 2.03. The van der Waals surface area contributed by atoms with Crippen LogP contribution < -0.4 is 5.32 Å². The van der Waals surface area contributed by atoms with Crippen molar-refractivity contribution in [3.63, 3.8) is 0 Å². The highest BCUT2D eigenvalue weighted by molar-refractivity contribution is 5.90. The summed E-state index contributed by atoms with van der Waals surface area (Å²) in [5.41, 5.74) is 2.61. The van der Waals surface area contributed by atoms with Crippen molar-refractivity contribution in [1.82, 2.24) is 20.0 Å². The molecule has 1 N–H and O–H groups in total. The third-order valence-electron chi connectivity index (χ3n) is 3.05. The summed E-state index contributed by atoms with van der Waals surface area (Å²) in [6, 6.07) is 9.60. The Morgan fingerprint density at radius 1 is 1.32 bits per heavy atom. The Kier molecular flexibility index (Phi) is 3.69. The lowest BCUT2D eigenvalue weighted by Gasteiger charge is -2.02. The van der Waals surface area contributed by atoms with Crippen LogP contribution in [0.25, 0.3) is 11.6 Å². The number of hydrogen-bond donors (Lipinski definition) is 1. The summed E-state index contributed by atoms with van der Waals surface area (Å²) in [7, 11) is 1.80. The Hall–Kier alpha value is -2.96. The molecular weight excluding hydrogens is 282 g/mol. The van der Waals surface area contributed by atoms with E-state index in [0.717, 1.165) is 11.1 Å². The van der Waals surface area contributed by atoms with Crippen LogP contribution in [0.4, 0.5) is 6.01 Å². The number of carbonyl (C=O) groups excluding carboxylic acids is 1. The maximum Gasteiger partial charge on any atom is 0.322 e. The first-order valence-electron chi connectivity index (χ1n) is 6.79. The fourth-order valence-electron chi connectivity index (χ4n) is 2.08. The SMILES string of the molecule is Cc1cccc(CC(=O)Nc2nnc(-c3ccn(C)n3)o2)c1. The van der Waals surface area contributed by atoms with Crippen LogP contribution in [-0.4, -0.2) is 25.9 Å². The lowest BCUT2D eigenvalue weighted by Crippen LogP contribution is -2.14. The fraction of sp³-hybridized carbons (Fsp3) is 0.200. The molecule has 2 heterocycles. The highest BCUT2D eigenvalue weighted by Crippen LogP contribution is 2.17. The van der Waals surface area contributed by atoms with E-state index in [1.54, 1.807) is 24.0 Å². The van der Waals surface area contributed by atoms with Gasteiger partial charge in [-0.15, -0.1) is 5.10 Å². The van der Waals surface area contributed by atoms with Crippen molar-refractivity contribution < 1.29 is 9.21 Å². The maximum absolute atomic E-state index is 12.0. The third kappa shape index (κ3) is 3.20. The molecule has 0 saturated carbocycles. The second kappa shape index (κ2) is 5.80. The Bertz CT molecular complexity index is 806. The van der Waals surface area contributed by atoms with Crippen LogP contribution >= 0.6 is 0 Å². The number of nitrogens with zero attached hydrogens (tertiary/aromatic N) is 4. The van der Waals surface area contributed by atoms with Crippen LogP contribution in [0, 0.1) is 6.92 Å². The lowest BCUT2D eigenvalue weighted by molar-refractivity contribution is -0.115. The van der Waals surface area contributed by atoms with Gasteiger partial charge in [0, 0.05) is 13.2 Å². The molecule has 3 rings (SSSR count). The maximum atomic E-state index is 12.0. The molecule has 0 unspecified atom stereocenters. The first kappa shape index (κ1) is 14.0. The molecule has 7 heteroatoms. The van der Waals surface area contributed by atoms with Crippen molar-refractivity contribution in [3.05, 3.63) is 47.7 Å². The Labute approximate surface area is 127 Å². The highest BCUT2D eigenvalue weighted by atomic mass is 16.4. The number of amides is 1. The van der Waals surface area contributed by atoms with E-state index in [1.807, 2.05) is 31.2 Å². The van der Waals surface area contributed by atoms with E-state index in [1.165, 1.54) is 0 Å². The lowest BCUT2D eigenvalue weighted by atomic mass is 10.1. The number of benzene rings is 1. The highest BCUT2D eigenvalue weighted by Gasteiger charge is 2.13. The molecule has 0 radical (unpaired) electrons. The average Bonchev–Trinajstić information content (AvgIpc) is 3.07. The quantitative estimate of drug-likeness (QED) is 0.795. The van der Waals surface area contributed by atoms with Gasteiger partial charge in [-0.1, -0.05) is 34.9 Å². The number of anilines is 1. The van der Waals surface area contributed by atoms with Gasteiger partial charge in [-0.3, -0.25) is 14.8 Å². The van der Waals surface area contributed by atoms with Crippen LogP contribution in [0.1, 0.15) is 11.1 Å². The number of rotatable bonds is 4. The first-order chi connectivity index (χ1) is 10.6. The number of aromatic nitrogens is 4. The second-order valence-corrected chi connectivity index (χ2v) is 5.00. The van der Waals surface area contributed by atoms with E-state index in [0.29, 0.717) is 5.69 Å². The van der Waals surface area contributed by atoms with Crippen molar-refractivity contribution in [2.45, 2.75) is 13.3 Å². The van der Waals surface area contributed by atoms with Crippen molar-refractivity contribution in [1.29, 1.82) is 0 Å². The summed E-state index contributed by atoms with van der Waals surface area (Å²) >= 11 is 0. The smallest absolute Gasteiger partial charge is 0.322 e. The molecule has 0 saturated heterocycles. The normalized spacial score (nSPS) is 10.6. The van der Waals surface area contributed by atoms with Crippen molar-refractivity contribution in [2.75, 3.05) is 5.32 Å². The largest absolute Gasteiger partial charge is 0.401 e. The first-order valence-corrected chi connectivity index (χ1v) is 6.79. The van der Waals surface area contributed by atoms with Gasteiger partial charge < -0.3 is 4.42 Å². The zero-order valence-electron chi connectivity index (χ0n) is 12.3. The van der Waals surface area contributed by atoms with Gasteiger partial charge in [-0.05, 0) is 18.6 Å². The van der Waals surface area contributed by atoms with Gasteiger partial charge in [0.1, 0.15) is 5.69 Å². The molecule has 7 nitrogen and oxygen atoms in total. The van der Waals surface area contributed by atoms with Gasteiger partial charge in [-0.2, -0.15) is 5.10 Å². The molecule has 0 aliphatic heterocycles. The Morgan fingerprint density at radius 3 is 2.91 bits per heavy atom. The number of nitrogens with one attached hydrogen (secondary N) is 1. The standard InChI is InChI=1S/C15H15N5O2/c1-10-4-3-5-11(8-10)9-13(21)16-15-18-17-14(22-15)12-6-7-20(2)19-12/h3-8H,9H2,1-2H3,(H,16,18,21). The Morgan fingerprint density at radius 2 is 2.18 bits per heavy atom. The van der Waals surface area contributed by atoms with Gasteiger partial charge in [-0.25, -0.2) is 0 Å². The van der Waals surface area contributed by atoms with Crippen molar-refractivity contribution in [3.8, 4) is 11.6 Å². The Balaban J connectivity index is 1.66. The van der Waals surface area contributed by atoms with Crippen LogP contribution in [0.2, 0.25) is 0 Å². The van der Waals surface area contributed by atoms with Gasteiger partial charge >= 0.3 is 6.01 Å². The summed E-state index contributed by atoms with van der Waals surface area (Å²) in [5, 5.41) is 14.4. The van der Waals surface area contributed by atoms with Gasteiger partial charge in [0.2, 0.25) is 5.91 Å². The van der Waals surface area contributed by atoms with Crippen molar-refractivity contribution in [2.24, 2.45) is 7.05 Å². The summed E-state index contributed by atoms with van der Waals surface area (Å²) in [6.45, 7) is 1.98. The molecule has 1 amide bonds. The molecule has 112 valence electrons. The zero-order valence-corrected chi connectivity index (χ0v) is 12.3. The minimum atomic E-state index is -0.207. The van der Waals surface area contributed by atoms with Crippen LogP contribution in [0.3, 0.4) is 0 Å². The summed E-state index contributed by atoms with van der Waals surface area (Å²) < 4.78 is 7.02. The van der Waals surface area contributed by atoms with Crippen LogP contribution in [0.5, 0.6) is 0 Å². The van der Waals surface area contributed by atoms with E-state index in [2.05, 4.69) is 20.6 Å². The molecule has 2 aromatic heterocycles. The zero-order chi connectivity index (χ0) is 15.5.